The molecule has 2 aromatic rings. The summed E-state index contributed by atoms with van der Waals surface area (Å²) in [6.07, 6.45) is 6.40. The number of hydrogen-bond acceptors (Lipinski definition) is 3. The summed E-state index contributed by atoms with van der Waals surface area (Å²) < 4.78 is 5.84. The second-order valence-electron chi connectivity index (χ2n) is 6.71. The molecule has 144 valence electrons. The van der Waals surface area contributed by atoms with Crippen LogP contribution in [0, 0.1) is 0 Å². The number of benzene rings is 2. The predicted molar refractivity (Wildman–Crippen MR) is 114 cm³/mol. The van der Waals surface area contributed by atoms with Gasteiger partial charge in [0.1, 0.15) is 6.10 Å². The standard InChI is InChI=1S/C24H26N2O2/c1-4-6-11-18(3)25-23(27)20-13-10-12-19(16-20)17-26(24-22(5-2)28-24)21-14-8-7-9-15-21/h4,6-16,22,24H,1,3,5,17H2,2H3,(H,25,27)/b11-6-. The van der Waals surface area contributed by atoms with Gasteiger partial charge in [0.15, 0.2) is 6.23 Å². The Morgan fingerprint density at radius 3 is 2.68 bits per heavy atom. The molecule has 1 amide bonds. The van der Waals surface area contributed by atoms with E-state index in [0.717, 1.165) is 17.7 Å². The summed E-state index contributed by atoms with van der Waals surface area (Å²) in [5.74, 6) is -0.180. The second-order valence-corrected chi connectivity index (χ2v) is 6.71. The average Bonchev–Trinajstić information content (AvgIpc) is 3.51. The monoisotopic (exact) mass is 374 g/mol. The van der Waals surface area contributed by atoms with E-state index in [0.29, 0.717) is 17.8 Å². The summed E-state index contributed by atoms with van der Waals surface area (Å²) >= 11 is 0. The number of allylic oxidation sites excluding steroid dienone is 3. The molecule has 4 heteroatoms. The van der Waals surface area contributed by atoms with Crippen molar-refractivity contribution < 1.29 is 9.53 Å². The van der Waals surface area contributed by atoms with E-state index in [2.05, 4.69) is 42.4 Å². The van der Waals surface area contributed by atoms with Gasteiger partial charge in [0.05, 0.1) is 0 Å². The number of carbonyl (C=O) groups is 1. The Bertz CT molecular complexity index is 873. The Morgan fingerprint density at radius 1 is 1.21 bits per heavy atom. The summed E-state index contributed by atoms with van der Waals surface area (Å²) in [6.45, 7) is 10.2. The molecule has 0 aromatic heterocycles. The van der Waals surface area contributed by atoms with Crippen molar-refractivity contribution in [1.82, 2.24) is 5.32 Å². The van der Waals surface area contributed by atoms with Gasteiger partial charge in [0.2, 0.25) is 0 Å². The first kappa shape index (κ1) is 19.6. The summed E-state index contributed by atoms with van der Waals surface area (Å²) in [5, 5.41) is 2.79. The number of epoxide rings is 1. The lowest BCUT2D eigenvalue weighted by molar-refractivity contribution is 0.0967. The van der Waals surface area contributed by atoms with Crippen molar-refractivity contribution in [1.29, 1.82) is 0 Å². The van der Waals surface area contributed by atoms with Crippen molar-refractivity contribution in [3.05, 3.63) is 103 Å². The molecule has 4 nitrogen and oxygen atoms in total. The SMILES string of the molecule is C=C/C=C\C(=C)NC(=O)c1cccc(CN(c2ccccc2)C2OC2CC)c1. The fourth-order valence-electron chi connectivity index (χ4n) is 3.10. The highest BCUT2D eigenvalue weighted by Gasteiger charge is 2.42. The maximum atomic E-state index is 12.5. The fraction of sp³-hybridized carbons (Fsp3) is 0.208. The molecule has 1 saturated heterocycles. The Labute approximate surface area is 166 Å². The van der Waals surface area contributed by atoms with E-state index in [-0.39, 0.29) is 18.2 Å². The highest BCUT2D eigenvalue weighted by Crippen LogP contribution is 2.33. The smallest absolute Gasteiger partial charge is 0.255 e. The van der Waals surface area contributed by atoms with Crippen LogP contribution in [0.3, 0.4) is 0 Å². The summed E-state index contributed by atoms with van der Waals surface area (Å²) in [6, 6.07) is 17.9. The number of rotatable bonds is 9. The van der Waals surface area contributed by atoms with E-state index in [1.807, 2.05) is 36.4 Å². The molecule has 0 aliphatic carbocycles. The predicted octanol–water partition coefficient (Wildman–Crippen LogP) is 4.81. The normalized spacial score (nSPS) is 17.9. The third-order valence-corrected chi connectivity index (χ3v) is 4.60. The average molecular weight is 374 g/mol. The third-order valence-electron chi connectivity index (χ3n) is 4.60. The van der Waals surface area contributed by atoms with Gasteiger partial charge in [-0.2, -0.15) is 0 Å². The van der Waals surface area contributed by atoms with Crippen LogP contribution in [0.4, 0.5) is 5.69 Å². The van der Waals surface area contributed by atoms with E-state index < -0.39 is 0 Å². The van der Waals surface area contributed by atoms with Crippen LogP contribution in [0.25, 0.3) is 0 Å². The van der Waals surface area contributed by atoms with Crippen molar-refractivity contribution in [3.8, 4) is 0 Å². The molecular weight excluding hydrogens is 348 g/mol. The van der Waals surface area contributed by atoms with E-state index in [4.69, 9.17) is 4.74 Å². The highest BCUT2D eigenvalue weighted by atomic mass is 16.6. The van der Waals surface area contributed by atoms with Crippen molar-refractivity contribution in [2.24, 2.45) is 0 Å². The lowest BCUT2D eigenvalue weighted by Gasteiger charge is -2.23. The summed E-state index contributed by atoms with van der Waals surface area (Å²) in [4.78, 5) is 14.7. The number of anilines is 1. The van der Waals surface area contributed by atoms with Crippen LogP contribution in [-0.4, -0.2) is 18.2 Å². The number of ether oxygens (including phenoxy) is 1. The first-order valence-electron chi connectivity index (χ1n) is 9.47. The minimum Gasteiger partial charge on any atom is -0.348 e. The molecular formula is C24H26N2O2. The van der Waals surface area contributed by atoms with Crippen LogP contribution in [0.1, 0.15) is 29.3 Å². The van der Waals surface area contributed by atoms with Crippen LogP contribution in [0.15, 0.2) is 91.7 Å². The maximum absolute atomic E-state index is 12.5. The molecule has 1 aliphatic heterocycles. The lowest BCUT2D eigenvalue weighted by atomic mass is 10.1. The number of hydrogen-bond donors (Lipinski definition) is 1. The molecule has 1 heterocycles. The topological polar surface area (TPSA) is 44.9 Å². The van der Waals surface area contributed by atoms with Crippen molar-refractivity contribution >= 4 is 11.6 Å². The zero-order chi connectivity index (χ0) is 19.9. The van der Waals surface area contributed by atoms with Crippen LogP contribution in [0.2, 0.25) is 0 Å². The van der Waals surface area contributed by atoms with Crippen molar-refractivity contribution in [3.63, 3.8) is 0 Å². The van der Waals surface area contributed by atoms with Crippen molar-refractivity contribution in [2.75, 3.05) is 4.90 Å². The second kappa shape index (κ2) is 9.20. The Balaban J connectivity index is 1.75. The molecule has 0 saturated carbocycles. The molecule has 2 atom stereocenters. The van der Waals surface area contributed by atoms with Crippen LogP contribution >= 0.6 is 0 Å². The van der Waals surface area contributed by atoms with Gasteiger partial charge in [-0.1, -0.05) is 62.6 Å². The molecule has 1 N–H and O–H groups in total. The van der Waals surface area contributed by atoms with Crippen LogP contribution < -0.4 is 10.2 Å². The molecule has 0 radical (unpaired) electrons. The minimum absolute atomic E-state index is 0.0775. The molecule has 0 spiro atoms. The van der Waals surface area contributed by atoms with Crippen molar-refractivity contribution in [2.45, 2.75) is 32.2 Å². The van der Waals surface area contributed by atoms with Crippen LogP contribution in [0.5, 0.6) is 0 Å². The molecule has 1 aliphatic rings. The molecule has 2 unspecified atom stereocenters. The Kier molecular flexibility index (Phi) is 6.45. The van der Waals surface area contributed by atoms with E-state index in [9.17, 15) is 4.79 Å². The maximum Gasteiger partial charge on any atom is 0.255 e. The van der Waals surface area contributed by atoms with Gasteiger partial charge in [-0.25, -0.2) is 0 Å². The third kappa shape index (κ3) is 4.99. The van der Waals surface area contributed by atoms with Gasteiger partial charge < -0.3 is 15.0 Å². The molecule has 28 heavy (non-hydrogen) atoms. The molecule has 0 bridgehead atoms. The minimum atomic E-state index is -0.180. The van der Waals surface area contributed by atoms with Gasteiger partial charge >= 0.3 is 0 Å². The quantitative estimate of drug-likeness (QED) is 0.506. The van der Waals surface area contributed by atoms with Gasteiger partial charge in [0, 0.05) is 23.5 Å². The van der Waals surface area contributed by atoms with E-state index >= 15 is 0 Å². The summed E-state index contributed by atoms with van der Waals surface area (Å²) in [5.41, 5.74) is 3.29. The molecule has 3 rings (SSSR count). The zero-order valence-electron chi connectivity index (χ0n) is 16.2. The molecule has 1 fully saturated rings. The zero-order valence-corrected chi connectivity index (χ0v) is 16.2. The Morgan fingerprint density at radius 2 is 2.00 bits per heavy atom. The van der Waals surface area contributed by atoms with Crippen LogP contribution in [-0.2, 0) is 11.3 Å². The highest BCUT2D eigenvalue weighted by molar-refractivity contribution is 5.95. The van der Waals surface area contributed by atoms with Gasteiger partial charge in [-0.15, -0.1) is 0 Å². The van der Waals surface area contributed by atoms with Gasteiger partial charge in [-0.3, -0.25) is 4.79 Å². The first-order valence-corrected chi connectivity index (χ1v) is 9.47. The number of para-hydroxylation sites is 1. The lowest BCUT2D eigenvalue weighted by Crippen LogP contribution is -2.28. The van der Waals surface area contributed by atoms with Gasteiger partial charge in [0.25, 0.3) is 5.91 Å². The number of carbonyl (C=O) groups excluding carboxylic acids is 1. The van der Waals surface area contributed by atoms with E-state index in [1.54, 1.807) is 24.3 Å². The number of nitrogens with one attached hydrogen (secondary N) is 1. The van der Waals surface area contributed by atoms with E-state index in [1.165, 1.54) is 0 Å². The fourth-order valence-corrected chi connectivity index (χ4v) is 3.10. The van der Waals surface area contributed by atoms with Gasteiger partial charge in [-0.05, 0) is 42.3 Å². The first-order chi connectivity index (χ1) is 13.6. The Hall–Kier alpha value is -3.11. The summed E-state index contributed by atoms with van der Waals surface area (Å²) in [7, 11) is 0. The largest absolute Gasteiger partial charge is 0.348 e. The molecule has 2 aromatic carbocycles. The number of nitrogens with zero attached hydrogens (tertiary/aromatic N) is 1. The number of amides is 1.